The van der Waals surface area contributed by atoms with Crippen molar-refractivity contribution in [2.45, 2.75) is 20.4 Å². The van der Waals surface area contributed by atoms with Crippen LogP contribution >= 0.6 is 11.6 Å². The molecule has 128 valence electrons. The second-order valence-electron chi connectivity index (χ2n) is 5.32. The molecule has 0 N–H and O–H groups in total. The lowest BCUT2D eigenvalue weighted by Gasteiger charge is -2.19. The van der Waals surface area contributed by atoms with Crippen molar-refractivity contribution in [3.05, 3.63) is 58.6 Å². The van der Waals surface area contributed by atoms with Gasteiger partial charge in [0.1, 0.15) is 0 Å². The minimum absolute atomic E-state index is 0.0843. The molecule has 0 aliphatic heterocycles. The Morgan fingerprint density at radius 2 is 1.75 bits per heavy atom. The molecule has 4 nitrogen and oxygen atoms in total. The highest BCUT2D eigenvalue weighted by molar-refractivity contribution is 6.30. The molecule has 2 aromatic carbocycles. The molecule has 0 aromatic heterocycles. The van der Waals surface area contributed by atoms with Gasteiger partial charge in [0, 0.05) is 24.2 Å². The number of amides is 1. The van der Waals surface area contributed by atoms with Gasteiger partial charge in [-0.1, -0.05) is 23.7 Å². The zero-order valence-corrected chi connectivity index (χ0v) is 15.0. The van der Waals surface area contributed by atoms with Gasteiger partial charge in [0.15, 0.2) is 11.5 Å². The highest BCUT2D eigenvalue weighted by Gasteiger charge is 2.15. The lowest BCUT2D eigenvalue weighted by Crippen LogP contribution is -2.26. The quantitative estimate of drug-likeness (QED) is 0.744. The van der Waals surface area contributed by atoms with Gasteiger partial charge in [0.2, 0.25) is 0 Å². The van der Waals surface area contributed by atoms with Crippen LogP contribution in [0.25, 0.3) is 0 Å². The first-order valence-electron chi connectivity index (χ1n) is 7.94. The maximum absolute atomic E-state index is 12.7. The van der Waals surface area contributed by atoms with E-state index in [0.717, 1.165) is 5.56 Å². The SMILES string of the molecule is CCOc1ccc(C(=O)N(C)Cc2cccc(Cl)c2)cc1OCC. The van der Waals surface area contributed by atoms with Gasteiger partial charge >= 0.3 is 0 Å². The molecule has 0 aliphatic carbocycles. The molecule has 0 fully saturated rings. The van der Waals surface area contributed by atoms with Gasteiger partial charge in [0.05, 0.1) is 13.2 Å². The van der Waals surface area contributed by atoms with Crippen molar-refractivity contribution in [1.82, 2.24) is 4.90 Å². The highest BCUT2D eigenvalue weighted by Crippen LogP contribution is 2.29. The monoisotopic (exact) mass is 347 g/mol. The van der Waals surface area contributed by atoms with E-state index in [1.54, 1.807) is 30.1 Å². The maximum Gasteiger partial charge on any atom is 0.254 e. The van der Waals surface area contributed by atoms with E-state index in [9.17, 15) is 4.79 Å². The Labute approximate surface area is 147 Å². The van der Waals surface area contributed by atoms with Gasteiger partial charge in [-0.05, 0) is 49.7 Å². The molecule has 24 heavy (non-hydrogen) atoms. The molecule has 0 atom stereocenters. The van der Waals surface area contributed by atoms with Crippen molar-refractivity contribution in [2.24, 2.45) is 0 Å². The minimum atomic E-state index is -0.0843. The fourth-order valence-electron chi connectivity index (χ4n) is 2.39. The van der Waals surface area contributed by atoms with Crippen LogP contribution in [0.15, 0.2) is 42.5 Å². The summed E-state index contributed by atoms with van der Waals surface area (Å²) in [7, 11) is 1.76. The second kappa shape index (κ2) is 8.60. The fourth-order valence-corrected chi connectivity index (χ4v) is 2.60. The molecular weight excluding hydrogens is 326 g/mol. The van der Waals surface area contributed by atoms with Crippen molar-refractivity contribution in [3.8, 4) is 11.5 Å². The van der Waals surface area contributed by atoms with Crippen LogP contribution in [0.5, 0.6) is 11.5 Å². The average Bonchev–Trinajstić information content (AvgIpc) is 2.56. The Kier molecular flexibility index (Phi) is 6.50. The molecule has 0 aliphatic rings. The van der Waals surface area contributed by atoms with Crippen molar-refractivity contribution in [2.75, 3.05) is 20.3 Å². The Bertz CT molecular complexity index is 703. The topological polar surface area (TPSA) is 38.8 Å². The van der Waals surface area contributed by atoms with Gasteiger partial charge in [-0.15, -0.1) is 0 Å². The van der Waals surface area contributed by atoms with Crippen molar-refractivity contribution < 1.29 is 14.3 Å². The number of carbonyl (C=O) groups excluding carboxylic acids is 1. The number of halogens is 1. The number of hydrogen-bond acceptors (Lipinski definition) is 3. The van der Waals surface area contributed by atoms with Gasteiger partial charge in [-0.3, -0.25) is 4.79 Å². The molecule has 1 amide bonds. The number of nitrogens with zero attached hydrogens (tertiary/aromatic N) is 1. The van der Waals surface area contributed by atoms with Crippen LogP contribution in [-0.4, -0.2) is 31.1 Å². The summed E-state index contributed by atoms with van der Waals surface area (Å²) in [6.45, 7) is 5.34. The fraction of sp³-hybridized carbons (Fsp3) is 0.316. The average molecular weight is 348 g/mol. The zero-order chi connectivity index (χ0) is 17.5. The molecule has 2 rings (SSSR count). The van der Waals surface area contributed by atoms with Crippen molar-refractivity contribution >= 4 is 17.5 Å². The van der Waals surface area contributed by atoms with E-state index >= 15 is 0 Å². The van der Waals surface area contributed by atoms with E-state index in [1.807, 2.05) is 38.1 Å². The van der Waals surface area contributed by atoms with E-state index in [1.165, 1.54) is 0 Å². The first-order valence-corrected chi connectivity index (χ1v) is 8.32. The molecule has 0 radical (unpaired) electrons. The third kappa shape index (κ3) is 4.65. The summed E-state index contributed by atoms with van der Waals surface area (Å²) in [6, 6.07) is 12.7. The lowest BCUT2D eigenvalue weighted by molar-refractivity contribution is 0.0784. The van der Waals surface area contributed by atoms with Crippen LogP contribution < -0.4 is 9.47 Å². The summed E-state index contributed by atoms with van der Waals surface area (Å²) in [5, 5.41) is 0.660. The molecule has 0 heterocycles. The summed E-state index contributed by atoms with van der Waals surface area (Å²) in [4.78, 5) is 14.3. The number of rotatable bonds is 7. The third-order valence-corrected chi connectivity index (χ3v) is 3.68. The molecule has 2 aromatic rings. The highest BCUT2D eigenvalue weighted by atomic mass is 35.5. The molecule has 0 spiro atoms. The van der Waals surface area contributed by atoms with Gasteiger partial charge < -0.3 is 14.4 Å². The standard InChI is InChI=1S/C19H22ClNO3/c1-4-23-17-10-9-15(12-18(17)24-5-2)19(22)21(3)13-14-7-6-8-16(20)11-14/h6-12H,4-5,13H2,1-3H3. The van der Waals surface area contributed by atoms with Crippen LogP contribution in [0.2, 0.25) is 5.02 Å². The predicted octanol–water partition coefficient (Wildman–Crippen LogP) is 4.41. The zero-order valence-electron chi connectivity index (χ0n) is 14.2. The predicted molar refractivity (Wildman–Crippen MR) is 96.0 cm³/mol. The van der Waals surface area contributed by atoms with E-state index in [4.69, 9.17) is 21.1 Å². The van der Waals surface area contributed by atoms with Crippen LogP contribution in [0.3, 0.4) is 0 Å². The number of hydrogen-bond donors (Lipinski definition) is 0. The molecular formula is C19H22ClNO3. The van der Waals surface area contributed by atoms with Crippen molar-refractivity contribution in [1.29, 1.82) is 0 Å². The van der Waals surface area contributed by atoms with E-state index in [-0.39, 0.29) is 5.91 Å². The van der Waals surface area contributed by atoms with Crippen LogP contribution in [0.1, 0.15) is 29.8 Å². The molecule has 0 bridgehead atoms. The van der Waals surface area contributed by atoms with E-state index < -0.39 is 0 Å². The summed E-state index contributed by atoms with van der Waals surface area (Å²) in [5.41, 5.74) is 1.54. The van der Waals surface area contributed by atoms with Gasteiger partial charge in [-0.2, -0.15) is 0 Å². The van der Waals surface area contributed by atoms with Crippen LogP contribution in [0, 0.1) is 0 Å². The normalized spacial score (nSPS) is 10.3. The molecule has 0 saturated heterocycles. The first kappa shape index (κ1) is 18.1. The van der Waals surface area contributed by atoms with Gasteiger partial charge in [-0.25, -0.2) is 0 Å². The summed E-state index contributed by atoms with van der Waals surface area (Å²) in [5.74, 6) is 1.15. The van der Waals surface area contributed by atoms with Crippen LogP contribution in [-0.2, 0) is 6.54 Å². The number of carbonyl (C=O) groups is 1. The van der Waals surface area contributed by atoms with E-state index in [2.05, 4.69) is 0 Å². The lowest BCUT2D eigenvalue weighted by atomic mass is 10.1. The summed E-state index contributed by atoms with van der Waals surface area (Å²) in [6.07, 6.45) is 0. The molecule has 5 heteroatoms. The van der Waals surface area contributed by atoms with Gasteiger partial charge in [0.25, 0.3) is 5.91 Å². The van der Waals surface area contributed by atoms with E-state index in [0.29, 0.717) is 41.8 Å². The third-order valence-electron chi connectivity index (χ3n) is 3.45. The minimum Gasteiger partial charge on any atom is -0.490 e. The second-order valence-corrected chi connectivity index (χ2v) is 5.76. The Hall–Kier alpha value is -2.20. The Morgan fingerprint density at radius 3 is 2.42 bits per heavy atom. The summed E-state index contributed by atoms with van der Waals surface area (Å²) < 4.78 is 11.1. The van der Waals surface area contributed by atoms with Crippen molar-refractivity contribution in [3.63, 3.8) is 0 Å². The molecule has 0 unspecified atom stereocenters. The smallest absolute Gasteiger partial charge is 0.254 e. The van der Waals surface area contributed by atoms with Crippen LogP contribution in [0.4, 0.5) is 0 Å². The number of benzene rings is 2. The Balaban J connectivity index is 2.17. The Morgan fingerprint density at radius 1 is 1.04 bits per heavy atom. The molecule has 0 saturated carbocycles. The number of ether oxygens (including phenoxy) is 2. The summed E-state index contributed by atoms with van der Waals surface area (Å²) >= 11 is 5.99. The first-order chi connectivity index (χ1) is 11.5. The maximum atomic E-state index is 12.7. The largest absolute Gasteiger partial charge is 0.490 e.